The second-order valence-corrected chi connectivity index (χ2v) is 5.49. The normalized spacial score (nSPS) is 11.3. The van der Waals surface area contributed by atoms with Crippen LogP contribution in [0.15, 0.2) is 34.3 Å². The predicted molar refractivity (Wildman–Crippen MR) is 79.1 cm³/mol. The van der Waals surface area contributed by atoms with Crippen molar-refractivity contribution in [3.05, 3.63) is 46.4 Å². The molecule has 2 aromatic heterocycles. The molecule has 1 atom stereocenters. The van der Waals surface area contributed by atoms with Gasteiger partial charge in [-0.2, -0.15) is 5.10 Å². The van der Waals surface area contributed by atoms with Gasteiger partial charge in [-0.15, -0.1) is 0 Å². The molecule has 119 valence electrons. The minimum absolute atomic E-state index is 0. The molecule has 0 aliphatic carbocycles. The summed E-state index contributed by atoms with van der Waals surface area (Å²) in [6, 6.07) is 1.41. The Hall–Kier alpha value is -1.29. The first-order chi connectivity index (χ1) is 10.4. The number of rotatable bonds is 2. The summed E-state index contributed by atoms with van der Waals surface area (Å²) in [6.07, 6.45) is 3.89. The third kappa shape index (κ3) is 5.10. The van der Waals surface area contributed by atoms with Gasteiger partial charge in [0.25, 0.3) is 5.56 Å². The maximum Gasteiger partial charge on any atom is 0.269 e. The number of H-pyrrole nitrogens is 1. The van der Waals surface area contributed by atoms with Crippen LogP contribution in [0.4, 0.5) is 0 Å². The van der Waals surface area contributed by atoms with Gasteiger partial charge >= 0.3 is 0 Å². The Morgan fingerprint density at radius 1 is 1.22 bits per heavy atom. The standard InChI is InChI=1S/C13H15N5O3S.Y/c1-8-5-15-13(17-12(19)7-16-18(8)3)11-4-10(22(20)21)6-14-9(11)2;/h4-7H,1-3H3,(H,20,21)(H,15,17,19);/p-1. The first-order valence-corrected chi connectivity index (χ1v) is 7.35. The van der Waals surface area contributed by atoms with Crippen molar-refractivity contribution in [3.8, 4) is 11.4 Å². The SMILES string of the molecule is Cc1ncc(S(=O)[O-])cc1-c1ncc(C)n(C)ncc(=O)[nH]1.[Y]. The van der Waals surface area contributed by atoms with E-state index < -0.39 is 16.6 Å². The van der Waals surface area contributed by atoms with Crippen LogP contribution < -0.4 is 5.56 Å². The number of pyridine rings is 1. The number of nitrogens with zero attached hydrogens (tertiary/aromatic N) is 4. The molecule has 0 saturated carbocycles. The van der Waals surface area contributed by atoms with Crippen molar-refractivity contribution in [1.82, 2.24) is 24.7 Å². The Balaban J connectivity index is 0.00000264. The Morgan fingerprint density at radius 2 is 1.91 bits per heavy atom. The van der Waals surface area contributed by atoms with Gasteiger partial charge in [0.15, 0.2) is 0 Å². The van der Waals surface area contributed by atoms with Crippen LogP contribution in [0, 0.1) is 13.8 Å². The van der Waals surface area contributed by atoms with E-state index in [1.165, 1.54) is 23.1 Å². The van der Waals surface area contributed by atoms with Crippen LogP contribution in [-0.2, 0) is 50.8 Å². The van der Waals surface area contributed by atoms with Crippen LogP contribution >= 0.6 is 0 Å². The summed E-state index contributed by atoms with van der Waals surface area (Å²) in [5.74, 6) is 0.211. The summed E-state index contributed by atoms with van der Waals surface area (Å²) in [5.41, 5.74) is 1.21. The minimum Gasteiger partial charge on any atom is -0.768 e. The van der Waals surface area contributed by atoms with E-state index >= 15 is 0 Å². The zero-order valence-corrected chi connectivity index (χ0v) is 16.5. The zero-order chi connectivity index (χ0) is 16.3. The van der Waals surface area contributed by atoms with E-state index in [-0.39, 0.29) is 43.4 Å². The summed E-state index contributed by atoms with van der Waals surface area (Å²) in [4.78, 5) is 22.7. The molecule has 0 aliphatic rings. The van der Waals surface area contributed by atoms with E-state index in [1.54, 1.807) is 20.9 Å². The topological polar surface area (TPSA) is 117 Å². The molecule has 0 saturated heterocycles. The van der Waals surface area contributed by atoms with Gasteiger partial charge in [0, 0.05) is 62.1 Å². The van der Waals surface area contributed by atoms with Crippen molar-refractivity contribution in [2.24, 2.45) is 7.05 Å². The number of hydrogen-bond donors (Lipinski definition) is 1. The summed E-state index contributed by atoms with van der Waals surface area (Å²) >= 11 is -2.41. The molecule has 1 N–H and O–H groups in total. The molecule has 23 heavy (non-hydrogen) atoms. The molecular formula is C13H14N5O3SY-. The minimum atomic E-state index is -2.41. The molecule has 2 aromatic rings. The van der Waals surface area contributed by atoms with Gasteiger partial charge in [-0.3, -0.25) is 18.7 Å². The average molecular weight is 409 g/mol. The Labute approximate surface area is 160 Å². The summed E-state index contributed by atoms with van der Waals surface area (Å²) in [6.45, 7) is 3.48. The molecule has 0 fully saturated rings. The third-order valence-electron chi connectivity index (χ3n) is 2.99. The fraction of sp³-hybridized carbons (Fsp3) is 0.231. The van der Waals surface area contributed by atoms with Crippen molar-refractivity contribution in [2.75, 3.05) is 0 Å². The van der Waals surface area contributed by atoms with E-state index in [0.717, 1.165) is 6.20 Å². The summed E-state index contributed by atoms with van der Waals surface area (Å²) < 4.78 is 23.7. The molecule has 1 unspecified atom stereocenters. The molecule has 0 amide bonds. The maximum atomic E-state index is 11.8. The molecular weight excluding hydrogens is 395 g/mol. The average Bonchev–Trinajstić information content (AvgIpc) is 2.53. The molecule has 8 nitrogen and oxygen atoms in total. The number of aromatic amines is 1. The molecule has 1 radical (unpaired) electrons. The van der Waals surface area contributed by atoms with Crippen LogP contribution in [0.25, 0.3) is 11.4 Å². The predicted octanol–water partition coefficient (Wildman–Crippen LogP) is 0.542. The smallest absolute Gasteiger partial charge is 0.269 e. The number of aromatic nitrogens is 5. The van der Waals surface area contributed by atoms with Crippen LogP contribution in [-0.4, -0.2) is 33.5 Å². The Morgan fingerprint density at radius 3 is 2.57 bits per heavy atom. The van der Waals surface area contributed by atoms with E-state index in [1.807, 2.05) is 0 Å². The van der Waals surface area contributed by atoms with Crippen LogP contribution in [0.3, 0.4) is 0 Å². The van der Waals surface area contributed by atoms with Gasteiger partial charge in [0.05, 0.1) is 11.9 Å². The van der Waals surface area contributed by atoms with Gasteiger partial charge in [-0.25, -0.2) is 4.98 Å². The first kappa shape index (κ1) is 19.8. The molecule has 10 heteroatoms. The van der Waals surface area contributed by atoms with Crippen LogP contribution in [0.1, 0.15) is 11.4 Å². The molecule has 0 aliphatic heterocycles. The largest absolute Gasteiger partial charge is 0.768 e. The Bertz CT molecular complexity index is 848. The fourth-order valence-corrected chi connectivity index (χ4v) is 1.99. The second kappa shape index (κ2) is 8.53. The van der Waals surface area contributed by atoms with Crippen LogP contribution in [0.2, 0.25) is 0 Å². The second-order valence-electron chi connectivity index (χ2n) is 4.54. The van der Waals surface area contributed by atoms with Crippen molar-refractivity contribution in [2.45, 2.75) is 18.7 Å². The maximum absolute atomic E-state index is 11.8. The zero-order valence-electron chi connectivity index (χ0n) is 12.8. The summed E-state index contributed by atoms with van der Waals surface area (Å²) in [7, 11) is 1.68. The van der Waals surface area contributed by atoms with Gasteiger partial charge in [0.2, 0.25) is 0 Å². The van der Waals surface area contributed by atoms with Gasteiger partial charge in [0.1, 0.15) is 12.0 Å². The monoisotopic (exact) mass is 409 g/mol. The number of hydrogen-bond acceptors (Lipinski definition) is 6. The third-order valence-corrected chi connectivity index (χ3v) is 3.60. The van der Waals surface area contributed by atoms with E-state index in [0.29, 0.717) is 17.0 Å². The quantitative estimate of drug-likeness (QED) is 0.724. The van der Waals surface area contributed by atoms with E-state index in [2.05, 4.69) is 20.1 Å². The molecule has 2 heterocycles. The molecule has 0 spiro atoms. The molecule has 0 aromatic carbocycles. The van der Waals surface area contributed by atoms with Crippen molar-refractivity contribution in [3.63, 3.8) is 0 Å². The van der Waals surface area contributed by atoms with Crippen molar-refractivity contribution < 1.29 is 41.5 Å². The summed E-state index contributed by atoms with van der Waals surface area (Å²) in [5, 5.41) is 3.94. The fourth-order valence-electron chi connectivity index (χ4n) is 1.63. The van der Waals surface area contributed by atoms with Gasteiger partial charge < -0.3 is 9.54 Å². The van der Waals surface area contributed by atoms with Crippen LogP contribution in [0.5, 0.6) is 0 Å². The van der Waals surface area contributed by atoms with E-state index in [9.17, 15) is 13.6 Å². The van der Waals surface area contributed by atoms with Crippen molar-refractivity contribution >= 4 is 11.1 Å². The number of aryl methyl sites for hydroxylation is 3. The molecule has 2 rings (SSSR count). The van der Waals surface area contributed by atoms with Crippen molar-refractivity contribution in [1.29, 1.82) is 0 Å². The van der Waals surface area contributed by atoms with Gasteiger partial charge in [-0.1, -0.05) is 0 Å². The first-order valence-electron chi connectivity index (χ1n) is 6.28. The number of nitrogens with one attached hydrogen (secondary N) is 1. The van der Waals surface area contributed by atoms with Gasteiger partial charge in [-0.05, 0) is 31.0 Å². The Kier molecular flexibility index (Phi) is 7.33. The molecule has 0 bridgehead atoms. The van der Waals surface area contributed by atoms with E-state index in [4.69, 9.17) is 0 Å².